The van der Waals surface area contributed by atoms with Gasteiger partial charge in [0, 0.05) is 19.3 Å². The van der Waals surface area contributed by atoms with E-state index in [1.807, 2.05) is 30.3 Å². The lowest BCUT2D eigenvalue weighted by atomic mass is 10.2. The molecular weight excluding hydrogens is 372 g/mol. The van der Waals surface area contributed by atoms with Gasteiger partial charge in [-0.25, -0.2) is 9.78 Å². The van der Waals surface area contributed by atoms with E-state index in [1.54, 1.807) is 17.0 Å². The first kappa shape index (κ1) is 18.7. The maximum absolute atomic E-state index is 12.8. The predicted octanol–water partition coefficient (Wildman–Crippen LogP) is 2.68. The van der Waals surface area contributed by atoms with Crippen molar-refractivity contribution in [2.45, 2.75) is 19.4 Å². The van der Waals surface area contributed by atoms with Crippen LogP contribution in [0, 0.1) is 0 Å². The first-order valence-electron chi connectivity index (χ1n) is 9.40. The van der Waals surface area contributed by atoms with Crippen LogP contribution >= 0.6 is 0 Å². The number of carbonyl (C=O) groups is 2. The number of anilines is 1. The second-order valence-corrected chi connectivity index (χ2v) is 6.81. The monoisotopic (exact) mass is 392 g/mol. The second kappa shape index (κ2) is 8.14. The van der Waals surface area contributed by atoms with Gasteiger partial charge in [-0.2, -0.15) is 0 Å². The van der Waals surface area contributed by atoms with Crippen LogP contribution in [0.4, 0.5) is 10.5 Å². The molecule has 3 aromatic rings. The Morgan fingerprint density at radius 1 is 1.07 bits per heavy atom. The summed E-state index contributed by atoms with van der Waals surface area (Å²) >= 11 is 0. The van der Waals surface area contributed by atoms with Crippen LogP contribution in [0.15, 0.2) is 59.7 Å². The summed E-state index contributed by atoms with van der Waals surface area (Å²) in [6.45, 7) is 1.53. The van der Waals surface area contributed by atoms with Crippen LogP contribution in [-0.4, -0.2) is 39.4 Å². The number of ether oxygens (including phenoxy) is 1. The van der Waals surface area contributed by atoms with Gasteiger partial charge >= 0.3 is 6.09 Å². The molecule has 1 N–H and O–H groups in total. The van der Waals surface area contributed by atoms with Gasteiger partial charge in [0.1, 0.15) is 17.9 Å². The molecule has 1 aromatic carbocycles. The predicted molar refractivity (Wildman–Crippen MR) is 107 cm³/mol. The van der Waals surface area contributed by atoms with Crippen LogP contribution in [0.1, 0.15) is 28.8 Å². The molecule has 0 aliphatic carbocycles. The molecule has 8 heteroatoms. The zero-order chi connectivity index (χ0) is 20.2. The highest BCUT2D eigenvalue weighted by Crippen LogP contribution is 2.13. The first-order valence-corrected chi connectivity index (χ1v) is 9.40. The van der Waals surface area contributed by atoms with Crippen molar-refractivity contribution in [1.82, 2.24) is 14.3 Å². The van der Waals surface area contributed by atoms with Gasteiger partial charge in [-0.3, -0.25) is 19.3 Å². The molecule has 0 atom stereocenters. The summed E-state index contributed by atoms with van der Waals surface area (Å²) in [4.78, 5) is 43.3. The van der Waals surface area contributed by atoms with Gasteiger partial charge in [-0.1, -0.05) is 30.3 Å². The number of rotatable bonds is 4. The number of nitrogens with one attached hydrogen (secondary N) is 1. The van der Waals surface area contributed by atoms with E-state index in [2.05, 4.69) is 10.3 Å². The normalized spacial score (nSPS) is 13.4. The molecule has 29 heavy (non-hydrogen) atoms. The van der Waals surface area contributed by atoms with Crippen LogP contribution in [0.5, 0.6) is 0 Å². The Kier molecular flexibility index (Phi) is 5.24. The number of carbonyl (C=O) groups excluding carboxylic acids is 2. The van der Waals surface area contributed by atoms with Crippen molar-refractivity contribution < 1.29 is 14.3 Å². The lowest BCUT2D eigenvalue weighted by Crippen LogP contribution is -2.29. The van der Waals surface area contributed by atoms with E-state index in [0.29, 0.717) is 11.2 Å². The smallest absolute Gasteiger partial charge is 0.412 e. The third-order valence-electron chi connectivity index (χ3n) is 4.79. The Morgan fingerprint density at radius 3 is 2.59 bits per heavy atom. The summed E-state index contributed by atoms with van der Waals surface area (Å²) < 4.78 is 6.40. The number of nitrogens with zero attached hydrogens (tertiary/aromatic N) is 3. The summed E-state index contributed by atoms with van der Waals surface area (Å²) in [5.74, 6) is -0.114. The van der Waals surface area contributed by atoms with Crippen LogP contribution in [-0.2, 0) is 11.3 Å². The molecule has 1 fully saturated rings. The summed E-state index contributed by atoms with van der Waals surface area (Å²) in [6.07, 6.45) is 3.96. The summed E-state index contributed by atoms with van der Waals surface area (Å²) in [6, 6.07) is 12.5. The molecule has 4 rings (SSSR count). The molecule has 148 valence electrons. The highest BCUT2D eigenvalue weighted by molar-refractivity contribution is 5.94. The maximum atomic E-state index is 12.8. The minimum absolute atomic E-state index is 0.0219. The van der Waals surface area contributed by atoms with Crippen molar-refractivity contribution in [2.24, 2.45) is 0 Å². The van der Waals surface area contributed by atoms with Gasteiger partial charge in [0.25, 0.3) is 11.5 Å². The number of hydrogen-bond donors (Lipinski definition) is 1. The molecular formula is C21H20N4O4. The van der Waals surface area contributed by atoms with E-state index in [9.17, 15) is 14.4 Å². The molecule has 3 heterocycles. The number of fused-ring (bicyclic) bond motifs is 1. The molecule has 8 nitrogen and oxygen atoms in total. The quantitative estimate of drug-likeness (QED) is 0.737. The lowest BCUT2D eigenvalue weighted by molar-refractivity contribution is 0.0792. The minimum atomic E-state index is -0.753. The van der Waals surface area contributed by atoms with Crippen LogP contribution in [0.3, 0.4) is 0 Å². The van der Waals surface area contributed by atoms with E-state index in [-0.39, 0.29) is 18.2 Å². The van der Waals surface area contributed by atoms with Crippen molar-refractivity contribution >= 4 is 23.3 Å². The van der Waals surface area contributed by atoms with Crippen molar-refractivity contribution in [2.75, 3.05) is 18.4 Å². The third-order valence-corrected chi connectivity index (χ3v) is 4.79. The van der Waals surface area contributed by atoms with E-state index < -0.39 is 11.7 Å². The summed E-state index contributed by atoms with van der Waals surface area (Å²) in [5.41, 5.74) is 1.12. The molecule has 1 aliphatic heterocycles. The Bertz CT molecular complexity index is 1100. The van der Waals surface area contributed by atoms with Crippen LogP contribution < -0.4 is 10.9 Å². The van der Waals surface area contributed by atoms with Gasteiger partial charge < -0.3 is 9.64 Å². The molecule has 1 saturated heterocycles. The number of aromatic nitrogens is 2. The molecule has 0 spiro atoms. The largest absolute Gasteiger partial charge is 0.444 e. The van der Waals surface area contributed by atoms with Crippen molar-refractivity contribution in [3.05, 3.63) is 76.3 Å². The molecule has 0 unspecified atom stereocenters. The molecule has 0 bridgehead atoms. The molecule has 0 saturated carbocycles. The topological polar surface area (TPSA) is 93.0 Å². The number of pyridine rings is 1. The van der Waals surface area contributed by atoms with Crippen molar-refractivity contribution in [1.29, 1.82) is 0 Å². The number of amides is 2. The van der Waals surface area contributed by atoms with Gasteiger partial charge in [-0.05, 0) is 30.5 Å². The molecule has 1 aliphatic rings. The van der Waals surface area contributed by atoms with Gasteiger partial charge in [-0.15, -0.1) is 0 Å². The van der Waals surface area contributed by atoms with Crippen molar-refractivity contribution in [3.63, 3.8) is 0 Å². The van der Waals surface area contributed by atoms with E-state index >= 15 is 0 Å². The average molecular weight is 392 g/mol. The fourth-order valence-corrected chi connectivity index (χ4v) is 3.26. The number of likely N-dealkylation sites (tertiary alicyclic amines) is 1. The molecule has 2 amide bonds. The van der Waals surface area contributed by atoms with Gasteiger partial charge in [0.2, 0.25) is 0 Å². The second-order valence-electron chi connectivity index (χ2n) is 6.81. The third kappa shape index (κ3) is 4.11. The maximum Gasteiger partial charge on any atom is 0.412 e. The average Bonchev–Trinajstić information content (AvgIpc) is 3.29. The number of hydrogen-bond acceptors (Lipinski definition) is 5. The summed E-state index contributed by atoms with van der Waals surface area (Å²) in [5, 5.41) is 2.42. The van der Waals surface area contributed by atoms with E-state index in [4.69, 9.17) is 4.74 Å². The van der Waals surface area contributed by atoms with E-state index in [1.165, 1.54) is 16.8 Å². The Hall–Kier alpha value is -3.68. The molecule has 2 aromatic heterocycles. The highest BCUT2D eigenvalue weighted by Gasteiger charge is 2.20. The lowest BCUT2D eigenvalue weighted by Gasteiger charge is -2.15. The zero-order valence-electron chi connectivity index (χ0n) is 15.7. The SMILES string of the molecule is O=C(Nc1cnc2ccc(C(=O)N3CCCC3)cn2c1=O)OCc1ccccc1. The van der Waals surface area contributed by atoms with Gasteiger partial charge in [0.15, 0.2) is 0 Å². The van der Waals surface area contributed by atoms with Gasteiger partial charge in [0.05, 0.1) is 11.8 Å². The van der Waals surface area contributed by atoms with E-state index in [0.717, 1.165) is 31.5 Å². The minimum Gasteiger partial charge on any atom is -0.444 e. The standard InChI is InChI=1S/C21H20N4O4/c26-19(24-10-4-5-11-24)16-8-9-18-22-12-17(20(27)25(18)13-16)23-21(28)29-14-15-6-2-1-3-7-15/h1-3,6-9,12-13H,4-5,10-11,14H2,(H,23,28). The van der Waals surface area contributed by atoms with Crippen LogP contribution in [0.2, 0.25) is 0 Å². The Morgan fingerprint density at radius 2 is 1.83 bits per heavy atom. The zero-order valence-corrected chi connectivity index (χ0v) is 15.7. The number of benzene rings is 1. The van der Waals surface area contributed by atoms with Crippen LogP contribution in [0.25, 0.3) is 5.65 Å². The Labute approximate surface area is 166 Å². The first-order chi connectivity index (χ1) is 14.1. The fourth-order valence-electron chi connectivity index (χ4n) is 3.26. The summed E-state index contributed by atoms with van der Waals surface area (Å²) in [7, 11) is 0. The highest BCUT2D eigenvalue weighted by atomic mass is 16.5. The molecule has 0 radical (unpaired) electrons. The van der Waals surface area contributed by atoms with Crippen molar-refractivity contribution in [3.8, 4) is 0 Å². The fraction of sp³-hybridized carbons (Fsp3) is 0.238. The Balaban J connectivity index is 1.52.